The van der Waals surface area contributed by atoms with Gasteiger partial charge in [0, 0.05) is 12.5 Å². The molecule has 0 aromatic rings. The topological polar surface area (TPSA) is 316 Å². The Morgan fingerprint density at radius 2 is 1.07 bits per heavy atom. The number of carbonyl (C=O) groups is 9. The van der Waals surface area contributed by atoms with Crippen LogP contribution in [-0.2, 0) is 43.2 Å². The van der Waals surface area contributed by atoms with Crippen LogP contribution >= 0.6 is 0 Å². The Labute approximate surface area is 341 Å². The molecular weight excluding hydrogens is 758 g/mol. The van der Waals surface area contributed by atoms with E-state index >= 15 is 0 Å². The first-order valence-electron chi connectivity index (χ1n) is 19.9. The Morgan fingerprint density at radius 1 is 0.552 bits per heavy atom. The van der Waals surface area contributed by atoms with Crippen molar-refractivity contribution in [1.29, 1.82) is 0 Å². The number of aliphatic carboxylic acids is 1. The number of hydrogen-bond acceptors (Lipinski definition) is 11. The van der Waals surface area contributed by atoms with E-state index in [1.54, 1.807) is 41.5 Å². The highest BCUT2D eigenvalue weighted by Crippen LogP contribution is 2.13. The molecule has 8 amide bonds. The Bertz CT molecular complexity index is 1420. The van der Waals surface area contributed by atoms with Crippen LogP contribution in [0.1, 0.15) is 102 Å². The largest absolute Gasteiger partial charge is 0.480 e. The summed E-state index contributed by atoms with van der Waals surface area (Å²) in [6.07, 6.45) is -0.497. The number of carboxylic acid groups (broad SMARTS) is 1. The summed E-state index contributed by atoms with van der Waals surface area (Å²) in [6, 6.07) is -7.62. The number of amides is 8. The fourth-order valence-corrected chi connectivity index (χ4v) is 5.42. The lowest BCUT2D eigenvalue weighted by atomic mass is 9.95. The lowest BCUT2D eigenvalue weighted by molar-refractivity contribution is -0.144. The third kappa shape index (κ3) is 19.5. The number of hydrogen-bond donors (Lipinski definition) is 11. The standard InChI is InChI=1S/C38H69N9O11/c1-12-20(7)25(43-28(50)17-41-34(53)23(10)42-33(52)22(9)39)15-27(49)40-16-29(51)45-31(21(8)13-2)36(55)44-26(14-18(3)4)35(54)47-32(24(11)48)37(56)46-30(19(5)6)38(57)58/h18-26,30-32,48H,12-17,39H2,1-11H3,(H,40,49)(H,41,53)(H,42,52)(H,43,50)(H,44,55)(H,45,51)(H,46,56)(H,47,54)(H,57,58)/t20-,21-,22-,23-,24+,25+,26-,30-,31-,32-/m0/s1. The number of nitrogens with two attached hydrogens (primary N) is 1. The van der Waals surface area contributed by atoms with Gasteiger partial charge in [0.25, 0.3) is 0 Å². The van der Waals surface area contributed by atoms with Gasteiger partial charge in [-0.3, -0.25) is 38.4 Å². The second-order valence-corrected chi connectivity index (χ2v) is 15.7. The highest BCUT2D eigenvalue weighted by Gasteiger charge is 2.35. The van der Waals surface area contributed by atoms with Crippen molar-refractivity contribution in [2.45, 2.75) is 150 Å². The molecule has 332 valence electrons. The van der Waals surface area contributed by atoms with Crippen molar-refractivity contribution in [3.05, 3.63) is 0 Å². The molecule has 0 unspecified atom stereocenters. The van der Waals surface area contributed by atoms with Crippen molar-refractivity contribution in [2.75, 3.05) is 13.1 Å². The van der Waals surface area contributed by atoms with Crippen LogP contribution < -0.4 is 48.3 Å². The molecule has 58 heavy (non-hydrogen) atoms. The molecule has 0 saturated heterocycles. The Morgan fingerprint density at radius 3 is 1.55 bits per heavy atom. The summed E-state index contributed by atoms with van der Waals surface area (Å²) in [7, 11) is 0. The first kappa shape index (κ1) is 53.1. The predicted octanol–water partition coefficient (Wildman–Crippen LogP) is -1.86. The smallest absolute Gasteiger partial charge is 0.326 e. The Hall–Kier alpha value is -4.85. The van der Waals surface area contributed by atoms with Crippen LogP contribution in [0.2, 0.25) is 0 Å². The summed E-state index contributed by atoms with van der Waals surface area (Å²) in [5.74, 6) is -8.00. The molecule has 0 aromatic heterocycles. The summed E-state index contributed by atoms with van der Waals surface area (Å²) >= 11 is 0. The van der Waals surface area contributed by atoms with E-state index in [1.807, 2.05) is 13.8 Å². The summed E-state index contributed by atoms with van der Waals surface area (Å²) in [4.78, 5) is 115. The molecule has 0 aliphatic heterocycles. The second-order valence-electron chi connectivity index (χ2n) is 15.7. The monoisotopic (exact) mass is 828 g/mol. The number of rotatable bonds is 26. The molecule has 20 heteroatoms. The quantitative estimate of drug-likeness (QED) is 0.0458. The second kappa shape index (κ2) is 26.2. The van der Waals surface area contributed by atoms with Crippen molar-refractivity contribution in [3.8, 4) is 0 Å². The molecule has 20 nitrogen and oxygen atoms in total. The van der Waals surface area contributed by atoms with Gasteiger partial charge in [0.1, 0.15) is 30.2 Å². The Balaban J connectivity index is 5.65. The van der Waals surface area contributed by atoms with E-state index in [4.69, 9.17) is 5.73 Å². The third-order valence-electron chi connectivity index (χ3n) is 9.56. The molecule has 0 radical (unpaired) electrons. The third-order valence-corrected chi connectivity index (χ3v) is 9.56. The predicted molar refractivity (Wildman–Crippen MR) is 214 cm³/mol. The maximum absolute atomic E-state index is 13.6. The van der Waals surface area contributed by atoms with Crippen LogP contribution in [0.3, 0.4) is 0 Å². The maximum atomic E-state index is 13.6. The summed E-state index contributed by atoms with van der Waals surface area (Å²) in [5.41, 5.74) is 5.50. The molecule has 0 fully saturated rings. The first-order chi connectivity index (χ1) is 26.9. The fraction of sp³-hybridized carbons (Fsp3) is 0.763. The molecule has 0 aliphatic carbocycles. The number of carbonyl (C=O) groups excluding carboxylic acids is 8. The molecular formula is C38H69N9O11. The summed E-state index contributed by atoms with van der Waals surface area (Å²) in [6.45, 7) is 17.1. The number of nitrogens with one attached hydrogen (secondary N) is 8. The van der Waals surface area contributed by atoms with Crippen LogP contribution in [0.15, 0.2) is 0 Å². The van der Waals surface area contributed by atoms with Crippen LogP contribution in [0.25, 0.3) is 0 Å². The van der Waals surface area contributed by atoms with E-state index in [0.29, 0.717) is 12.8 Å². The van der Waals surface area contributed by atoms with Crippen molar-refractivity contribution in [3.63, 3.8) is 0 Å². The average Bonchev–Trinajstić information content (AvgIpc) is 3.13. The van der Waals surface area contributed by atoms with Gasteiger partial charge in [0.2, 0.25) is 47.3 Å². The van der Waals surface area contributed by atoms with Gasteiger partial charge in [-0.2, -0.15) is 0 Å². The van der Waals surface area contributed by atoms with Crippen LogP contribution in [0.5, 0.6) is 0 Å². The zero-order valence-electron chi connectivity index (χ0n) is 35.8. The fourth-order valence-electron chi connectivity index (χ4n) is 5.42. The average molecular weight is 828 g/mol. The molecule has 0 aromatic carbocycles. The number of aliphatic hydroxyl groups excluding tert-OH is 1. The van der Waals surface area contributed by atoms with Gasteiger partial charge in [-0.05, 0) is 50.9 Å². The van der Waals surface area contributed by atoms with Gasteiger partial charge >= 0.3 is 5.97 Å². The number of aliphatic hydroxyl groups is 1. The minimum atomic E-state index is -1.54. The van der Waals surface area contributed by atoms with E-state index < -0.39 is 127 Å². The minimum absolute atomic E-state index is 0.110. The SMILES string of the molecule is CC[C@H](C)[C@H](NC(=O)CNC(=O)C[C@@H](NC(=O)CNC(=O)[C@H](C)NC(=O)[C@H](C)N)[C@@H](C)CC)C(=O)N[C@@H](CC(C)C)C(=O)N[C@H](C(=O)N[C@H](C(=O)O)C(C)C)[C@@H](C)O. The van der Waals surface area contributed by atoms with Crippen LogP contribution in [-0.4, -0.2) is 125 Å². The van der Waals surface area contributed by atoms with Gasteiger partial charge < -0.3 is 58.5 Å². The van der Waals surface area contributed by atoms with Gasteiger partial charge in [-0.15, -0.1) is 0 Å². The zero-order valence-corrected chi connectivity index (χ0v) is 35.8. The van der Waals surface area contributed by atoms with Crippen LogP contribution in [0, 0.1) is 23.7 Å². The molecule has 0 aliphatic rings. The lowest BCUT2D eigenvalue weighted by Crippen LogP contribution is -2.61. The van der Waals surface area contributed by atoms with Crippen molar-refractivity contribution < 1.29 is 53.4 Å². The molecule has 0 bridgehead atoms. The minimum Gasteiger partial charge on any atom is -0.480 e. The van der Waals surface area contributed by atoms with Crippen molar-refractivity contribution in [1.82, 2.24) is 42.5 Å². The van der Waals surface area contributed by atoms with Gasteiger partial charge in [0.15, 0.2) is 0 Å². The van der Waals surface area contributed by atoms with Gasteiger partial charge in [-0.1, -0.05) is 68.2 Å². The molecule has 0 rings (SSSR count). The van der Waals surface area contributed by atoms with E-state index in [2.05, 4.69) is 42.5 Å². The molecule has 0 heterocycles. The Kier molecular flexibility index (Phi) is 24.0. The van der Waals surface area contributed by atoms with Gasteiger partial charge in [0.05, 0.1) is 25.2 Å². The van der Waals surface area contributed by atoms with Crippen molar-refractivity contribution in [2.24, 2.45) is 29.4 Å². The normalized spacial score (nSPS) is 16.4. The van der Waals surface area contributed by atoms with Crippen molar-refractivity contribution >= 4 is 53.2 Å². The van der Waals surface area contributed by atoms with E-state index in [-0.39, 0.29) is 24.7 Å². The highest BCUT2D eigenvalue weighted by atomic mass is 16.4. The summed E-state index contributed by atoms with van der Waals surface area (Å²) < 4.78 is 0. The zero-order chi connectivity index (χ0) is 45.0. The summed E-state index contributed by atoms with van der Waals surface area (Å²) in [5, 5.41) is 39.9. The van der Waals surface area contributed by atoms with Crippen LogP contribution in [0.4, 0.5) is 0 Å². The van der Waals surface area contributed by atoms with E-state index in [9.17, 15) is 53.4 Å². The molecule has 0 saturated carbocycles. The van der Waals surface area contributed by atoms with Gasteiger partial charge in [-0.25, -0.2) is 4.79 Å². The molecule has 10 atom stereocenters. The highest BCUT2D eigenvalue weighted by molar-refractivity contribution is 5.96. The number of carboxylic acids is 1. The lowest BCUT2D eigenvalue weighted by Gasteiger charge is -2.29. The van der Waals surface area contributed by atoms with E-state index in [1.165, 1.54) is 20.8 Å². The van der Waals surface area contributed by atoms with E-state index in [0.717, 1.165) is 0 Å². The molecule has 0 spiro atoms. The maximum Gasteiger partial charge on any atom is 0.326 e. The molecule has 12 N–H and O–H groups in total. The first-order valence-corrected chi connectivity index (χ1v) is 19.9.